The second kappa shape index (κ2) is 6.24. The molecule has 4 nitrogen and oxygen atoms in total. The van der Waals surface area contributed by atoms with Gasteiger partial charge < -0.3 is 11.1 Å². The quantitative estimate of drug-likeness (QED) is 0.711. The number of nitrogens with zero attached hydrogens (tertiary/aromatic N) is 2. The van der Waals surface area contributed by atoms with Crippen molar-refractivity contribution in [1.29, 1.82) is 0 Å². The highest BCUT2D eigenvalue weighted by molar-refractivity contribution is 9.10. The minimum Gasteiger partial charge on any atom is -0.384 e. The number of nitrogens with two attached hydrogens (primary N) is 1. The highest BCUT2D eigenvalue weighted by atomic mass is 79.9. The van der Waals surface area contributed by atoms with Crippen LogP contribution in [0.5, 0.6) is 0 Å². The molecule has 120 valence electrons. The molecule has 1 unspecified atom stereocenters. The molecule has 1 atom stereocenters. The molecule has 0 aliphatic heterocycles. The van der Waals surface area contributed by atoms with Gasteiger partial charge in [-0.2, -0.15) is 0 Å². The molecule has 2 heterocycles. The van der Waals surface area contributed by atoms with Crippen LogP contribution in [0.4, 0.5) is 11.5 Å². The first-order valence-electron chi connectivity index (χ1n) is 7.91. The molecule has 0 amide bonds. The summed E-state index contributed by atoms with van der Waals surface area (Å²) in [6, 6.07) is 10.2. The van der Waals surface area contributed by atoms with Crippen molar-refractivity contribution >= 4 is 44.4 Å². The summed E-state index contributed by atoms with van der Waals surface area (Å²) in [5.74, 6) is 0.957. The minimum absolute atomic E-state index is 0.405. The van der Waals surface area contributed by atoms with Gasteiger partial charge in [0.1, 0.15) is 5.82 Å². The third-order valence-electron chi connectivity index (χ3n) is 4.40. The summed E-state index contributed by atoms with van der Waals surface area (Å²) >= 11 is 3.57. The Balaban J connectivity index is 1.54. The van der Waals surface area contributed by atoms with Crippen molar-refractivity contribution in [2.24, 2.45) is 5.92 Å². The fraction of sp³-hybridized carbons (Fsp3) is 0.158. The number of benzene rings is 1. The average Bonchev–Trinajstić information content (AvgIpc) is 2.63. The van der Waals surface area contributed by atoms with Gasteiger partial charge in [-0.1, -0.05) is 30.4 Å². The molecule has 5 heteroatoms. The minimum atomic E-state index is 0.405. The molecule has 0 spiro atoms. The zero-order valence-corrected chi connectivity index (χ0v) is 14.6. The Hall–Kier alpha value is -2.40. The molecule has 2 aromatic heterocycles. The highest BCUT2D eigenvalue weighted by Crippen LogP contribution is 2.32. The van der Waals surface area contributed by atoms with E-state index in [-0.39, 0.29) is 0 Å². The van der Waals surface area contributed by atoms with Crippen LogP contribution in [0.1, 0.15) is 11.1 Å². The smallest absolute Gasteiger partial charge is 0.137 e. The number of hydrogen-bond donors (Lipinski definition) is 2. The lowest BCUT2D eigenvalue weighted by Gasteiger charge is -2.22. The fourth-order valence-corrected chi connectivity index (χ4v) is 3.60. The van der Waals surface area contributed by atoms with Gasteiger partial charge in [-0.15, -0.1) is 0 Å². The Morgan fingerprint density at radius 2 is 2.08 bits per heavy atom. The first-order chi connectivity index (χ1) is 11.7. The Labute approximate surface area is 148 Å². The second-order valence-electron chi connectivity index (χ2n) is 5.97. The summed E-state index contributed by atoms with van der Waals surface area (Å²) in [5, 5.41) is 4.72. The number of halogens is 1. The van der Waals surface area contributed by atoms with Crippen LogP contribution < -0.4 is 11.1 Å². The van der Waals surface area contributed by atoms with Crippen LogP contribution in [-0.2, 0) is 6.42 Å². The Morgan fingerprint density at radius 3 is 3.00 bits per heavy atom. The summed E-state index contributed by atoms with van der Waals surface area (Å²) < 4.78 is 0.920. The van der Waals surface area contributed by atoms with Crippen molar-refractivity contribution < 1.29 is 0 Å². The molecule has 4 rings (SSSR count). The van der Waals surface area contributed by atoms with Crippen LogP contribution in [0.25, 0.3) is 17.0 Å². The van der Waals surface area contributed by atoms with Gasteiger partial charge in [-0.3, -0.25) is 4.98 Å². The van der Waals surface area contributed by atoms with Gasteiger partial charge in [-0.05, 0) is 51.5 Å². The highest BCUT2D eigenvalue weighted by Gasteiger charge is 2.18. The number of fused-ring (bicyclic) bond motifs is 2. The predicted molar refractivity (Wildman–Crippen MR) is 103 cm³/mol. The zero-order valence-electron chi connectivity index (χ0n) is 13.0. The normalized spacial score (nSPS) is 16.1. The van der Waals surface area contributed by atoms with Crippen molar-refractivity contribution in [3.63, 3.8) is 0 Å². The zero-order chi connectivity index (χ0) is 16.5. The molecular formula is C19H17BrN4. The number of anilines is 2. The van der Waals surface area contributed by atoms with E-state index >= 15 is 0 Å². The molecule has 0 radical (unpaired) electrons. The first kappa shape index (κ1) is 15.1. The van der Waals surface area contributed by atoms with E-state index in [1.165, 1.54) is 5.56 Å². The van der Waals surface area contributed by atoms with Crippen molar-refractivity contribution in [3.8, 4) is 0 Å². The van der Waals surface area contributed by atoms with E-state index in [0.29, 0.717) is 11.7 Å². The Morgan fingerprint density at radius 1 is 1.21 bits per heavy atom. The number of aromatic nitrogens is 2. The van der Waals surface area contributed by atoms with E-state index in [9.17, 15) is 0 Å². The number of rotatable bonds is 3. The van der Waals surface area contributed by atoms with Crippen molar-refractivity contribution in [1.82, 2.24) is 9.97 Å². The lowest BCUT2D eigenvalue weighted by molar-refractivity contribution is 0.674. The van der Waals surface area contributed by atoms with E-state index < -0.39 is 0 Å². The topological polar surface area (TPSA) is 63.8 Å². The lowest BCUT2D eigenvalue weighted by atomic mass is 9.90. The molecule has 3 N–H and O–H groups in total. The molecule has 3 aromatic rings. The van der Waals surface area contributed by atoms with Crippen LogP contribution in [0.15, 0.2) is 53.3 Å². The molecule has 0 fully saturated rings. The van der Waals surface area contributed by atoms with Gasteiger partial charge >= 0.3 is 0 Å². The summed E-state index contributed by atoms with van der Waals surface area (Å²) in [5.41, 5.74) is 10.4. The summed E-state index contributed by atoms with van der Waals surface area (Å²) in [4.78, 5) is 8.61. The predicted octanol–water partition coefficient (Wildman–Crippen LogP) is 4.27. The lowest BCUT2D eigenvalue weighted by Crippen LogP contribution is -2.18. The fourth-order valence-electron chi connectivity index (χ4n) is 3.11. The number of nitrogen functional groups attached to an aromatic ring is 1. The van der Waals surface area contributed by atoms with Gasteiger partial charge in [0.15, 0.2) is 0 Å². The van der Waals surface area contributed by atoms with Gasteiger partial charge in [0.05, 0.1) is 9.99 Å². The molecule has 1 aromatic carbocycles. The number of para-hydroxylation sites is 1. The number of hydrogen-bond acceptors (Lipinski definition) is 4. The second-order valence-corrected chi connectivity index (χ2v) is 6.76. The maximum absolute atomic E-state index is 5.91. The van der Waals surface area contributed by atoms with E-state index in [2.05, 4.69) is 49.4 Å². The van der Waals surface area contributed by atoms with Gasteiger partial charge in [0.25, 0.3) is 0 Å². The SMILES string of the molecule is Nc1ncc2c(c1Br)CC(CNc1ccnc3ccccc13)C=C2. The molecular weight excluding hydrogens is 364 g/mol. The van der Waals surface area contributed by atoms with E-state index in [4.69, 9.17) is 5.73 Å². The molecule has 0 saturated carbocycles. The summed E-state index contributed by atoms with van der Waals surface area (Å²) in [6.45, 7) is 0.860. The van der Waals surface area contributed by atoms with Gasteiger partial charge in [0.2, 0.25) is 0 Å². The first-order valence-corrected chi connectivity index (χ1v) is 8.70. The third-order valence-corrected chi connectivity index (χ3v) is 5.28. The average molecular weight is 381 g/mol. The van der Waals surface area contributed by atoms with Gasteiger partial charge in [-0.25, -0.2) is 4.98 Å². The van der Waals surface area contributed by atoms with Crippen molar-refractivity contribution in [2.45, 2.75) is 6.42 Å². The molecule has 24 heavy (non-hydrogen) atoms. The Bertz CT molecular complexity index is 931. The maximum atomic E-state index is 5.91. The van der Waals surface area contributed by atoms with Crippen molar-refractivity contribution in [3.05, 3.63) is 64.4 Å². The third kappa shape index (κ3) is 2.76. The van der Waals surface area contributed by atoms with Crippen LogP contribution in [-0.4, -0.2) is 16.5 Å². The molecule has 1 aliphatic rings. The molecule has 0 bridgehead atoms. The molecule has 1 aliphatic carbocycles. The summed E-state index contributed by atoms with van der Waals surface area (Å²) in [6.07, 6.45) is 9.00. The standard InChI is InChI=1S/C19H17BrN4/c20-18-15-9-12(5-6-13(15)11-24-19(18)21)10-23-17-7-8-22-16-4-2-1-3-14(16)17/h1-8,11-12H,9-10H2,(H2,21,24)(H,22,23). The number of pyridine rings is 2. The van der Waals surface area contributed by atoms with Crippen LogP contribution in [0.3, 0.4) is 0 Å². The van der Waals surface area contributed by atoms with Crippen molar-refractivity contribution in [2.75, 3.05) is 17.6 Å². The Kier molecular flexibility index (Phi) is 3.94. The van der Waals surface area contributed by atoms with E-state index in [0.717, 1.165) is 39.6 Å². The summed E-state index contributed by atoms with van der Waals surface area (Å²) in [7, 11) is 0. The van der Waals surface area contributed by atoms with Gasteiger partial charge in [0, 0.05) is 30.0 Å². The van der Waals surface area contributed by atoms with Crippen LogP contribution >= 0.6 is 15.9 Å². The monoisotopic (exact) mass is 380 g/mol. The number of nitrogens with one attached hydrogen (secondary N) is 1. The largest absolute Gasteiger partial charge is 0.384 e. The van der Waals surface area contributed by atoms with E-state index in [1.54, 1.807) is 0 Å². The van der Waals surface area contributed by atoms with Crippen LogP contribution in [0.2, 0.25) is 0 Å². The van der Waals surface area contributed by atoms with Crippen LogP contribution in [0, 0.1) is 5.92 Å². The van der Waals surface area contributed by atoms with E-state index in [1.807, 2.05) is 36.7 Å². The molecule has 0 saturated heterocycles. The maximum Gasteiger partial charge on any atom is 0.137 e.